The second kappa shape index (κ2) is 5.06. The van der Waals surface area contributed by atoms with Crippen LogP contribution in [-0.2, 0) is 4.74 Å². The van der Waals surface area contributed by atoms with Gasteiger partial charge in [-0.2, -0.15) is 0 Å². The lowest BCUT2D eigenvalue weighted by atomic mass is 9.79. The van der Waals surface area contributed by atoms with Gasteiger partial charge in [0, 0.05) is 13.7 Å². The first-order valence-corrected chi connectivity index (χ1v) is 7.23. The number of hydrogen-bond donors (Lipinski definition) is 1. The predicted octanol–water partition coefficient (Wildman–Crippen LogP) is 2.08. The van der Waals surface area contributed by atoms with Crippen molar-refractivity contribution in [3.8, 4) is 0 Å². The Morgan fingerprint density at radius 3 is 3.00 bits per heavy atom. The Kier molecular flexibility index (Phi) is 3.52. The minimum absolute atomic E-state index is 0.104. The van der Waals surface area contributed by atoms with Crippen LogP contribution in [0.5, 0.6) is 0 Å². The van der Waals surface area contributed by atoms with Gasteiger partial charge in [0.2, 0.25) is 0 Å². The standard InChI is InChI=1S/C14H18ClNO4/c1-19-14-5-4-9(17)8-11(14)16(7-6-14)13(18)10-2-3-12(15)20-10/h2-3,9,11,17H,4-8H2,1H3/t9-,11-,14+/m1/s1. The molecule has 0 radical (unpaired) electrons. The third-order valence-electron chi connectivity index (χ3n) is 4.61. The number of likely N-dealkylation sites (tertiary alicyclic amines) is 1. The van der Waals surface area contributed by atoms with E-state index in [0.29, 0.717) is 13.0 Å². The van der Waals surface area contributed by atoms with Crippen LogP contribution in [0.25, 0.3) is 0 Å². The van der Waals surface area contributed by atoms with Crippen LogP contribution in [0, 0.1) is 0 Å². The molecule has 110 valence electrons. The highest BCUT2D eigenvalue weighted by Crippen LogP contribution is 2.43. The Morgan fingerprint density at radius 2 is 2.35 bits per heavy atom. The number of carbonyl (C=O) groups is 1. The fraction of sp³-hybridized carbons (Fsp3) is 0.643. The van der Waals surface area contributed by atoms with Crippen LogP contribution in [0.2, 0.25) is 5.22 Å². The molecule has 1 aliphatic heterocycles. The highest BCUT2D eigenvalue weighted by molar-refractivity contribution is 6.29. The number of aliphatic hydroxyl groups excluding tert-OH is 1. The van der Waals surface area contributed by atoms with E-state index in [1.807, 2.05) is 0 Å². The molecule has 6 heteroatoms. The van der Waals surface area contributed by atoms with Crippen LogP contribution in [0.3, 0.4) is 0 Å². The number of fused-ring (bicyclic) bond motifs is 1. The average molecular weight is 300 g/mol. The molecule has 3 atom stereocenters. The zero-order valence-electron chi connectivity index (χ0n) is 11.3. The van der Waals surface area contributed by atoms with Gasteiger partial charge in [-0.15, -0.1) is 0 Å². The van der Waals surface area contributed by atoms with E-state index in [2.05, 4.69) is 0 Å². The first-order valence-electron chi connectivity index (χ1n) is 6.85. The summed E-state index contributed by atoms with van der Waals surface area (Å²) < 4.78 is 10.9. The maximum absolute atomic E-state index is 12.5. The van der Waals surface area contributed by atoms with Crippen LogP contribution in [0.4, 0.5) is 0 Å². The number of methoxy groups -OCH3 is 1. The first-order chi connectivity index (χ1) is 9.55. The summed E-state index contributed by atoms with van der Waals surface area (Å²) >= 11 is 5.72. The van der Waals surface area contributed by atoms with E-state index in [1.165, 1.54) is 0 Å². The molecule has 3 rings (SSSR count). The van der Waals surface area contributed by atoms with Gasteiger partial charge >= 0.3 is 0 Å². The summed E-state index contributed by atoms with van der Waals surface area (Å²) in [7, 11) is 1.68. The first kappa shape index (κ1) is 13.9. The van der Waals surface area contributed by atoms with Gasteiger partial charge in [0.25, 0.3) is 5.91 Å². The van der Waals surface area contributed by atoms with Crippen LogP contribution >= 0.6 is 11.6 Å². The van der Waals surface area contributed by atoms with E-state index in [9.17, 15) is 9.90 Å². The second-order valence-corrected chi connectivity index (χ2v) is 5.94. The van der Waals surface area contributed by atoms with Crippen LogP contribution in [0.15, 0.2) is 16.5 Å². The fourth-order valence-corrected chi connectivity index (χ4v) is 3.64. The summed E-state index contributed by atoms with van der Waals surface area (Å²) in [5.74, 6) is 0.0527. The third-order valence-corrected chi connectivity index (χ3v) is 4.81. The lowest BCUT2D eigenvalue weighted by Gasteiger charge is -2.42. The third kappa shape index (κ3) is 2.14. The maximum atomic E-state index is 12.5. The van der Waals surface area contributed by atoms with Crippen molar-refractivity contribution in [3.63, 3.8) is 0 Å². The van der Waals surface area contributed by atoms with Gasteiger partial charge in [0.1, 0.15) is 0 Å². The molecule has 0 aromatic carbocycles. The van der Waals surface area contributed by atoms with Gasteiger partial charge in [-0.25, -0.2) is 0 Å². The topological polar surface area (TPSA) is 62.9 Å². The molecule has 1 N–H and O–H groups in total. The van der Waals surface area contributed by atoms with Crippen molar-refractivity contribution in [2.45, 2.75) is 43.4 Å². The minimum Gasteiger partial charge on any atom is -0.440 e. The van der Waals surface area contributed by atoms with Crippen molar-refractivity contribution in [2.24, 2.45) is 0 Å². The molecule has 1 aromatic rings. The van der Waals surface area contributed by atoms with E-state index in [-0.39, 0.29) is 34.6 Å². The number of halogens is 1. The maximum Gasteiger partial charge on any atom is 0.289 e. The summed E-state index contributed by atoms with van der Waals surface area (Å²) in [4.78, 5) is 14.3. The van der Waals surface area contributed by atoms with Crippen molar-refractivity contribution >= 4 is 17.5 Å². The molecule has 1 aliphatic carbocycles. The van der Waals surface area contributed by atoms with Gasteiger partial charge in [0.05, 0.1) is 17.7 Å². The van der Waals surface area contributed by atoms with Gasteiger partial charge in [0.15, 0.2) is 11.0 Å². The molecule has 2 heterocycles. The normalized spacial score (nSPS) is 33.2. The minimum atomic E-state index is -0.378. The van der Waals surface area contributed by atoms with Crippen molar-refractivity contribution in [2.75, 3.05) is 13.7 Å². The molecule has 5 nitrogen and oxygen atoms in total. The number of carbonyl (C=O) groups excluding carboxylic acids is 1. The zero-order chi connectivity index (χ0) is 14.3. The Morgan fingerprint density at radius 1 is 1.55 bits per heavy atom. The van der Waals surface area contributed by atoms with Gasteiger partial charge in [-0.05, 0) is 49.4 Å². The highest BCUT2D eigenvalue weighted by atomic mass is 35.5. The number of amides is 1. The molecule has 1 aromatic heterocycles. The van der Waals surface area contributed by atoms with E-state index in [4.69, 9.17) is 20.8 Å². The monoisotopic (exact) mass is 299 g/mol. The van der Waals surface area contributed by atoms with Crippen molar-refractivity contribution in [1.82, 2.24) is 4.90 Å². The van der Waals surface area contributed by atoms with Crippen molar-refractivity contribution in [1.29, 1.82) is 0 Å². The summed E-state index contributed by atoms with van der Waals surface area (Å²) in [5, 5.41) is 10.1. The molecule has 1 amide bonds. The molecule has 1 saturated heterocycles. The largest absolute Gasteiger partial charge is 0.440 e. The lowest BCUT2D eigenvalue weighted by molar-refractivity contribution is -0.0826. The number of furan rings is 1. The summed E-state index contributed by atoms with van der Waals surface area (Å²) in [6, 6.07) is 3.04. The number of ether oxygens (including phenoxy) is 1. The summed E-state index contributed by atoms with van der Waals surface area (Å²) in [6.07, 6.45) is 2.46. The van der Waals surface area contributed by atoms with Crippen LogP contribution < -0.4 is 0 Å². The van der Waals surface area contributed by atoms with E-state index < -0.39 is 0 Å². The Labute approximate surface area is 122 Å². The fourth-order valence-electron chi connectivity index (χ4n) is 3.49. The molecule has 1 saturated carbocycles. The number of hydrogen-bond acceptors (Lipinski definition) is 4. The number of nitrogens with zero attached hydrogens (tertiary/aromatic N) is 1. The molecule has 0 unspecified atom stereocenters. The molecule has 0 bridgehead atoms. The van der Waals surface area contributed by atoms with Gasteiger partial charge in [-0.3, -0.25) is 4.79 Å². The molecular weight excluding hydrogens is 282 g/mol. The smallest absolute Gasteiger partial charge is 0.289 e. The predicted molar refractivity (Wildman–Crippen MR) is 72.8 cm³/mol. The average Bonchev–Trinajstić information content (AvgIpc) is 3.02. The molecule has 20 heavy (non-hydrogen) atoms. The summed E-state index contributed by atoms with van der Waals surface area (Å²) in [6.45, 7) is 0.613. The Balaban J connectivity index is 1.85. The van der Waals surface area contributed by atoms with E-state index in [1.54, 1.807) is 24.1 Å². The zero-order valence-corrected chi connectivity index (χ0v) is 12.1. The van der Waals surface area contributed by atoms with E-state index in [0.717, 1.165) is 19.3 Å². The molecule has 2 aliphatic rings. The number of aliphatic hydroxyl groups is 1. The quantitative estimate of drug-likeness (QED) is 0.908. The van der Waals surface area contributed by atoms with Gasteiger partial charge < -0.3 is 19.2 Å². The van der Waals surface area contributed by atoms with Crippen LogP contribution in [0.1, 0.15) is 36.2 Å². The SMILES string of the molecule is CO[C@]12CC[C@@H](O)C[C@H]1N(C(=O)c1ccc(Cl)o1)CC2. The number of rotatable bonds is 2. The highest BCUT2D eigenvalue weighted by Gasteiger charge is 2.52. The van der Waals surface area contributed by atoms with Crippen LogP contribution in [-0.4, -0.2) is 47.3 Å². The Bertz CT molecular complexity index is 517. The summed E-state index contributed by atoms with van der Waals surface area (Å²) in [5.41, 5.74) is -0.328. The Hall–Kier alpha value is -1.04. The van der Waals surface area contributed by atoms with Gasteiger partial charge in [-0.1, -0.05) is 0 Å². The molecular formula is C14H18ClNO4. The van der Waals surface area contributed by atoms with Crippen molar-refractivity contribution in [3.05, 3.63) is 23.1 Å². The molecule has 0 spiro atoms. The lowest BCUT2D eigenvalue weighted by Crippen LogP contribution is -2.52. The van der Waals surface area contributed by atoms with E-state index >= 15 is 0 Å². The van der Waals surface area contributed by atoms with Crippen molar-refractivity contribution < 1.29 is 19.1 Å². The second-order valence-electron chi connectivity index (χ2n) is 5.57. The molecule has 2 fully saturated rings.